The number of halogens is 1. The van der Waals surface area contributed by atoms with E-state index in [1.807, 2.05) is 41.0 Å². The van der Waals surface area contributed by atoms with Gasteiger partial charge in [0, 0.05) is 23.6 Å². The fourth-order valence-electron chi connectivity index (χ4n) is 3.12. The number of pyridine rings is 1. The topological polar surface area (TPSA) is 79.1 Å². The Kier molecular flexibility index (Phi) is 6.46. The predicted octanol–water partition coefficient (Wildman–Crippen LogP) is 4.46. The normalized spacial score (nSPS) is 10.7. The summed E-state index contributed by atoms with van der Waals surface area (Å²) in [6, 6.07) is 15.0. The van der Waals surface area contributed by atoms with Crippen LogP contribution in [0.25, 0.3) is 17.1 Å². The van der Waals surface area contributed by atoms with E-state index in [2.05, 4.69) is 15.2 Å². The maximum Gasteiger partial charge on any atom is 0.196 e. The van der Waals surface area contributed by atoms with Crippen LogP contribution in [0.4, 0.5) is 4.39 Å². The highest BCUT2D eigenvalue weighted by Crippen LogP contribution is 2.30. The molecule has 0 saturated carbocycles. The molecule has 2 aromatic carbocycles. The molecule has 0 bridgehead atoms. The molecule has 4 rings (SSSR count). The first kappa shape index (κ1) is 21.5. The van der Waals surface area contributed by atoms with Gasteiger partial charge in [0.1, 0.15) is 17.3 Å². The van der Waals surface area contributed by atoms with E-state index in [0.717, 1.165) is 17.0 Å². The molecule has 2 aromatic heterocycles. The number of Topliss-reactive ketones (excluding diaryl/α,β-unsaturated/α-hetero) is 1. The van der Waals surface area contributed by atoms with E-state index in [-0.39, 0.29) is 17.1 Å². The zero-order valence-electron chi connectivity index (χ0n) is 17.4. The molecule has 0 aliphatic carbocycles. The molecular formula is C23H19FN4O3S. The van der Waals surface area contributed by atoms with Gasteiger partial charge in [0.25, 0.3) is 0 Å². The lowest BCUT2D eigenvalue weighted by Crippen LogP contribution is -2.07. The highest BCUT2D eigenvalue weighted by Gasteiger charge is 2.19. The third-order valence-corrected chi connectivity index (χ3v) is 5.63. The van der Waals surface area contributed by atoms with Crippen molar-refractivity contribution in [2.24, 2.45) is 0 Å². The van der Waals surface area contributed by atoms with Crippen molar-refractivity contribution >= 4 is 17.5 Å². The summed E-state index contributed by atoms with van der Waals surface area (Å²) in [7, 11) is 3.04. The highest BCUT2D eigenvalue weighted by atomic mass is 32.2. The highest BCUT2D eigenvalue weighted by molar-refractivity contribution is 7.99. The fraction of sp³-hybridized carbons (Fsp3) is 0.130. The molecule has 32 heavy (non-hydrogen) atoms. The summed E-state index contributed by atoms with van der Waals surface area (Å²) in [6.45, 7) is 0. The molecule has 0 aliphatic rings. The maximum absolute atomic E-state index is 13.7. The van der Waals surface area contributed by atoms with Gasteiger partial charge in [-0.1, -0.05) is 11.8 Å². The Balaban J connectivity index is 1.67. The molecule has 0 radical (unpaired) electrons. The van der Waals surface area contributed by atoms with E-state index in [1.165, 1.54) is 37.1 Å². The Morgan fingerprint density at radius 1 is 1.00 bits per heavy atom. The van der Waals surface area contributed by atoms with Gasteiger partial charge in [0.15, 0.2) is 16.8 Å². The lowest BCUT2D eigenvalue weighted by atomic mass is 10.1. The monoisotopic (exact) mass is 450 g/mol. The molecule has 2 heterocycles. The zero-order valence-corrected chi connectivity index (χ0v) is 18.2. The van der Waals surface area contributed by atoms with Crippen LogP contribution in [0.1, 0.15) is 10.4 Å². The van der Waals surface area contributed by atoms with Crippen LogP contribution in [0.2, 0.25) is 0 Å². The summed E-state index contributed by atoms with van der Waals surface area (Å²) >= 11 is 1.21. The number of benzene rings is 2. The summed E-state index contributed by atoms with van der Waals surface area (Å²) in [5.74, 6) is 0.906. The van der Waals surface area contributed by atoms with Gasteiger partial charge in [-0.05, 0) is 54.6 Å². The van der Waals surface area contributed by atoms with E-state index in [9.17, 15) is 9.18 Å². The number of hydrogen-bond acceptors (Lipinski definition) is 7. The molecule has 0 fully saturated rings. The molecule has 7 nitrogen and oxygen atoms in total. The lowest BCUT2D eigenvalue weighted by molar-refractivity contribution is 0.101. The molecule has 0 atom stereocenters. The summed E-state index contributed by atoms with van der Waals surface area (Å²) in [5.41, 5.74) is 1.82. The second-order valence-electron chi connectivity index (χ2n) is 6.63. The smallest absolute Gasteiger partial charge is 0.196 e. The van der Waals surface area contributed by atoms with Crippen molar-refractivity contribution in [3.05, 3.63) is 78.4 Å². The van der Waals surface area contributed by atoms with Gasteiger partial charge in [0.2, 0.25) is 0 Å². The van der Waals surface area contributed by atoms with E-state index in [0.29, 0.717) is 16.7 Å². The number of nitrogens with zero attached hydrogens (tertiary/aromatic N) is 4. The minimum atomic E-state index is -0.500. The third kappa shape index (κ3) is 4.47. The first-order chi connectivity index (χ1) is 15.6. The standard InChI is InChI=1S/C23H19FN4O3S/c1-30-18-6-4-17(5-7-18)28-22(15-9-11-25-12-10-15)26-27-23(28)32-14-20(29)19-13-16(24)3-8-21(19)31-2/h3-13H,14H2,1-2H3. The van der Waals surface area contributed by atoms with Gasteiger partial charge in [-0.25, -0.2) is 4.39 Å². The van der Waals surface area contributed by atoms with Crippen LogP contribution in [0.15, 0.2) is 72.1 Å². The molecular weight excluding hydrogens is 431 g/mol. The Labute approximate surface area is 188 Å². The molecule has 0 unspecified atom stereocenters. The minimum absolute atomic E-state index is 0.0322. The number of thioether (sulfide) groups is 1. The van der Waals surface area contributed by atoms with Gasteiger partial charge < -0.3 is 9.47 Å². The summed E-state index contributed by atoms with van der Waals surface area (Å²) in [4.78, 5) is 16.9. The first-order valence-corrected chi connectivity index (χ1v) is 10.6. The summed E-state index contributed by atoms with van der Waals surface area (Å²) in [5, 5.41) is 9.16. The van der Waals surface area contributed by atoms with Crippen LogP contribution in [0, 0.1) is 5.82 Å². The van der Waals surface area contributed by atoms with Gasteiger partial charge >= 0.3 is 0 Å². The molecule has 4 aromatic rings. The summed E-state index contributed by atoms with van der Waals surface area (Å²) < 4.78 is 26.0. The van der Waals surface area contributed by atoms with Gasteiger partial charge in [0.05, 0.1) is 25.5 Å². The number of ketones is 1. The van der Waals surface area contributed by atoms with Crippen molar-refractivity contribution in [2.75, 3.05) is 20.0 Å². The van der Waals surface area contributed by atoms with Crippen LogP contribution in [0.5, 0.6) is 11.5 Å². The first-order valence-electron chi connectivity index (χ1n) is 9.60. The Morgan fingerprint density at radius 3 is 2.44 bits per heavy atom. The van der Waals surface area contributed by atoms with E-state index >= 15 is 0 Å². The number of aromatic nitrogens is 4. The van der Waals surface area contributed by atoms with Crippen LogP contribution in [-0.2, 0) is 0 Å². The summed E-state index contributed by atoms with van der Waals surface area (Å²) in [6.07, 6.45) is 3.35. The quantitative estimate of drug-likeness (QED) is 0.290. The van der Waals surface area contributed by atoms with Crippen molar-refractivity contribution in [1.29, 1.82) is 0 Å². The number of rotatable bonds is 8. The Bertz CT molecular complexity index is 1230. The Morgan fingerprint density at radius 2 is 1.75 bits per heavy atom. The van der Waals surface area contributed by atoms with Crippen molar-refractivity contribution in [3.8, 4) is 28.6 Å². The molecule has 0 N–H and O–H groups in total. The lowest BCUT2D eigenvalue weighted by Gasteiger charge is -2.11. The van der Waals surface area contributed by atoms with Crippen molar-refractivity contribution < 1.29 is 18.7 Å². The number of carbonyl (C=O) groups is 1. The number of hydrogen-bond donors (Lipinski definition) is 0. The van der Waals surface area contributed by atoms with Gasteiger partial charge in [-0.15, -0.1) is 10.2 Å². The molecule has 0 saturated heterocycles. The molecule has 162 valence electrons. The molecule has 0 aliphatic heterocycles. The van der Waals surface area contributed by atoms with Crippen LogP contribution in [0.3, 0.4) is 0 Å². The Hall–Kier alpha value is -3.72. The number of methoxy groups -OCH3 is 2. The van der Waals surface area contributed by atoms with Crippen LogP contribution < -0.4 is 9.47 Å². The van der Waals surface area contributed by atoms with Crippen molar-refractivity contribution in [2.45, 2.75) is 5.16 Å². The number of ether oxygens (including phenoxy) is 2. The van der Waals surface area contributed by atoms with E-state index in [4.69, 9.17) is 9.47 Å². The SMILES string of the molecule is COc1ccc(-n2c(SCC(=O)c3cc(F)ccc3OC)nnc2-c2ccncc2)cc1. The molecule has 0 spiro atoms. The van der Waals surface area contributed by atoms with Crippen LogP contribution in [-0.4, -0.2) is 45.5 Å². The largest absolute Gasteiger partial charge is 0.497 e. The van der Waals surface area contributed by atoms with Crippen LogP contribution >= 0.6 is 11.8 Å². The predicted molar refractivity (Wildman–Crippen MR) is 119 cm³/mol. The third-order valence-electron chi connectivity index (χ3n) is 4.70. The number of carbonyl (C=O) groups excluding carboxylic acids is 1. The fourth-order valence-corrected chi connectivity index (χ4v) is 3.96. The van der Waals surface area contributed by atoms with E-state index < -0.39 is 5.82 Å². The zero-order chi connectivity index (χ0) is 22.5. The minimum Gasteiger partial charge on any atom is -0.497 e. The second-order valence-corrected chi connectivity index (χ2v) is 7.57. The molecule has 0 amide bonds. The van der Waals surface area contributed by atoms with Gasteiger partial charge in [-0.2, -0.15) is 0 Å². The molecule has 9 heteroatoms. The average molecular weight is 450 g/mol. The van der Waals surface area contributed by atoms with Crippen molar-refractivity contribution in [3.63, 3.8) is 0 Å². The van der Waals surface area contributed by atoms with Crippen molar-refractivity contribution in [1.82, 2.24) is 19.7 Å². The maximum atomic E-state index is 13.7. The van der Waals surface area contributed by atoms with Gasteiger partial charge in [-0.3, -0.25) is 14.3 Å². The van der Waals surface area contributed by atoms with E-state index in [1.54, 1.807) is 19.5 Å². The second kappa shape index (κ2) is 9.61. The average Bonchev–Trinajstić information content (AvgIpc) is 3.27.